The Morgan fingerprint density at radius 3 is 2.83 bits per heavy atom. The highest BCUT2D eigenvalue weighted by molar-refractivity contribution is 7.09. The van der Waals surface area contributed by atoms with Crippen molar-refractivity contribution in [3.8, 4) is 0 Å². The maximum Gasteiger partial charge on any atom is 0.240 e. The van der Waals surface area contributed by atoms with Crippen LogP contribution in [0.25, 0.3) is 0 Å². The van der Waals surface area contributed by atoms with Gasteiger partial charge in [-0.3, -0.25) is 9.59 Å². The predicted molar refractivity (Wildman–Crippen MR) is 95.5 cm³/mol. The molecule has 0 bridgehead atoms. The van der Waals surface area contributed by atoms with Crippen LogP contribution in [0.15, 0.2) is 23.6 Å². The molecular weight excluding hydrogens is 346 g/mol. The summed E-state index contributed by atoms with van der Waals surface area (Å²) in [6, 6.07) is 5.32. The zero-order valence-corrected chi connectivity index (χ0v) is 15.3. The summed E-state index contributed by atoms with van der Waals surface area (Å²) in [5, 5.41) is 6.19. The van der Waals surface area contributed by atoms with Crippen molar-refractivity contribution in [1.29, 1.82) is 0 Å². The molecule has 0 fully saturated rings. The number of amides is 2. The molecule has 1 aromatic carbocycles. The molecule has 5 nitrogen and oxygen atoms in total. The second kappa shape index (κ2) is 6.18. The molecule has 24 heavy (non-hydrogen) atoms. The molecule has 0 spiro atoms. The molecule has 3 rings (SSSR count). The summed E-state index contributed by atoms with van der Waals surface area (Å²) in [5.74, 6) is -0.310. The average molecular weight is 364 g/mol. The van der Waals surface area contributed by atoms with Crippen molar-refractivity contribution < 1.29 is 9.59 Å². The number of aromatic nitrogens is 1. The maximum atomic E-state index is 12.7. The number of halogens is 1. The zero-order valence-electron chi connectivity index (χ0n) is 13.7. The summed E-state index contributed by atoms with van der Waals surface area (Å²) >= 11 is 7.56. The molecule has 1 aromatic heterocycles. The van der Waals surface area contributed by atoms with Gasteiger partial charge in [0.15, 0.2) is 0 Å². The molecule has 0 aliphatic carbocycles. The van der Waals surface area contributed by atoms with E-state index in [0.717, 1.165) is 22.0 Å². The number of rotatable bonds is 4. The third kappa shape index (κ3) is 3.03. The maximum absolute atomic E-state index is 12.7. The van der Waals surface area contributed by atoms with Crippen molar-refractivity contribution in [3.05, 3.63) is 44.9 Å². The van der Waals surface area contributed by atoms with Crippen LogP contribution in [0.3, 0.4) is 0 Å². The fourth-order valence-electron chi connectivity index (χ4n) is 2.82. The van der Waals surface area contributed by atoms with Gasteiger partial charge in [0.2, 0.25) is 11.8 Å². The van der Waals surface area contributed by atoms with Gasteiger partial charge in [-0.2, -0.15) is 0 Å². The van der Waals surface area contributed by atoms with Gasteiger partial charge < -0.3 is 10.2 Å². The lowest BCUT2D eigenvalue weighted by Crippen LogP contribution is -2.42. The van der Waals surface area contributed by atoms with Crippen molar-refractivity contribution in [2.45, 2.75) is 32.7 Å². The number of nitrogens with zero attached hydrogens (tertiary/aromatic N) is 2. The van der Waals surface area contributed by atoms with E-state index < -0.39 is 5.41 Å². The second-order valence-corrected chi connectivity index (χ2v) is 7.72. The number of anilines is 1. The molecule has 2 amide bonds. The Kier molecular flexibility index (Phi) is 4.36. The SMILES string of the molecule is Cc1csc(CNC(=O)CN2C(=O)C(C)(C)c3cc(Cl)ccc32)n1. The zero-order chi connectivity index (χ0) is 17.5. The number of fused-ring (bicyclic) bond motifs is 1. The number of thiazole rings is 1. The van der Waals surface area contributed by atoms with Crippen LogP contribution in [0.4, 0.5) is 5.69 Å². The molecule has 2 heterocycles. The van der Waals surface area contributed by atoms with E-state index in [0.29, 0.717) is 11.6 Å². The smallest absolute Gasteiger partial charge is 0.240 e. The van der Waals surface area contributed by atoms with Crippen LogP contribution in [0.2, 0.25) is 5.02 Å². The van der Waals surface area contributed by atoms with Crippen molar-refractivity contribution >= 4 is 40.4 Å². The van der Waals surface area contributed by atoms with Gasteiger partial charge >= 0.3 is 0 Å². The number of nitrogens with one attached hydrogen (secondary N) is 1. The first-order valence-electron chi connectivity index (χ1n) is 7.59. The monoisotopic (exact) mass is 363 g/mol. The quantitative estimate of drug-likeness (QED) is 0.908. The molecule has 1 aliphatic heterocycles. The van der Waals surface area contributed by atoms with E-state index >= 15 is 0 Å². The highest BCUT2D eigenvalue weighted by Crippen LogP contribution is 2.42. The van der Waals surface area contributed by atoms with Crippen molar-refractivity contribution in [2.24, 2.45) is 0 Å². The largest absolute Gasteiger partial charge is 0.348 e. The molecule has 0 saturated heterocycles. The fourth-order valence-corrected chi connectivity index (χ4v) is 3.70. The second-order valence-electron chi connectivity index (χ2n) is 6.34. The van der Waals surface area contributed by atoms with Gasteiger partial charge in [-0.15, -0.1) is 11.3 Å². The molecule has 126 valence electrons. The number of benzene rings is 1. The standard InChI is InChI=1S/C17H18ClN3O2S/c1-10-9-24-15(20-10)7-19-14(22)8-21-13-5-4-11(18)6-12(13)17(2,3)16(21)23/h4-6,9H,7-8H2,1-3H3,(H,19,22). The Balaban J connectivity index is 1.73. The highest BCUT2D eigenvalue weighted by atomic mass is 35.5. The fraction of sp³-hybridized carbons (Fsp3) is 0.353. The predicted octanol–water partition coefficient (Wildman–Crippen LogP) is 3.05. The Hall–Kier alpha value is -1.92. The summed E-state index contributed by atoms with van der Waals surface area (Å²) in [7, 11) is 0. The normalized spacial score (nSPS) is 15.5. The van der Waals surface area contributed by atoms with Crippen molar-refractivity contribution in [3.63, 3.8) is 0 Å². The van der Waals surface area contributed by atoms with E-state index in [1.165, 1.54) is 16.2 Å². The summed E-state index contributed by atoms with van der Waals surface area (Å²) < 4.78 is 0. The molecule has 0 atom stereocenters. The van der Waals surface area contributed by atoms with Crippen LogP contribution in [0, 0.1) is 6.92 Å². The summed E-state index contributed by atoms with van der Waals surface area (Å²) in [6.07, 6.45) is 0. The van der Waals surface area contributed by atoms with Gasteiger partial charge in [0.05, 0.1) is 12.0 Å². The Morgan fingerprint density at radius 1 is 1.42 bits per heavy atom. The van der Waals surface area contributed by atoms with Crippen LogP contribution in [-0.4, -0.2) is 23.3 Å². The van der Waals surface area contributed by atoms with Crippen molar-refractivity contribution in [1.82, 2.24) is 10.3 Å². The Labute approximate surface area is 149 Å². The average Bonchev–Trinajstić information content (AvgIpc) is 3.02. The van der Waals surface area contributed by atoms with E-state index in [2.05, 4.69) is 10.3 Å². The lowest BCUT2D eigenvalue weighted by Gasteiger charge is -2.19. The van der Waals surface area contributed by atoms with Gasteiger partial charge in [-0.1, -0.05) is 11.6 Å². The number of carbonyl (C=O) groups excluding carboxylic acids is 2. The third-order valence-electron chi connectivity index (χ3n) is 4.11. The van der Waals surface area contributed by atoms with E-state index in [-0.39, 0.29) is 18.4 Å². The lowest BCUT2D eigenvalue weighted by atomic mass is 9.86. The summed E-state index contributed by atoms with van der Waals surface area (Å²) in [4.78, 5) is 30.8. The number of hydrogen-bond donors (Lipinski definition) is 1. The highest BCUT2D eigenvalue weighted by Gasteiger charge is 2.44. The summed E-state index contributed by atoms with van der Waals surface area (Å²) in [5.41, 5.74) is 1.84. The topological polar surface area (TPSA) is 62.3 Å². The van der Waals surface area contributed by atoms with E-state index in [1.54, 1.807) is 18.2 Å². The number of aryl methyl sites for hydroxylation is 1. The number of carbonyl (C=O) groups is 2. The van der Waals surface area contributed by atoms with Gasteiger partial charge in [0.25, 0.3) is 0 Å². The summed E-state index contributed by atoms with van der Waals surface area (Å²) in [6.45, 7) is 5.97. The van der Waals surface area contributed by atoms with Gasteiger partial charge in [0.1, 0.15) is 11.6 Å². The molecule has 7 heteroatoms. The van der Waals surface area contributed by atoms with E-state index in [9.17, 15) is 9.59 Å². The third-order valence-corrected chi connectivity index (χ3v) is 5.31. The van der Waals surface area contributed by atoms with Crippen LogP contribution in [0.5, 0.6) is 0 Å². The first-order valence-corrected chi connectivity index (χ1v) is 8.84. The Morgan fingerprint density at radius 2 is 2.17 bits per heavy atom. The van der Waals surface area contributed by atoms with Crippen LogP contribution in [-0.2, 0) is 21.5 Å². The van der Waals surface area contributed by atoms with Crippen molar-refractivity contribution in [2.75, 3.05) is 11.4 Å². The van der Waals surface area contributed by atoms with E-state index in [4.69, 9.17) is 11.6 Å². The first kappa shape index (κ1) is 16.9. The molecule has 0 radical (unpaired) electrons. The van der Waals surface area contributed by atoms with Crippen LogP contribution < -0.4 is 10.2 Å². The van der Waals surface area contributed by atoms with Gasteiger partial charge in [0, 0.05) is 21.8 Å². The van der Waals surface area contributed by atoms with E-state index in [1.807, 2.05) is 26.2 Å². The molecule has 1 N–H and O–H groups in total. The minimum absolute atomic E-state index is 0.0126. The van der Waals surface area contributed by atoms with Gasteiger partial charge in [-0.05, 0) is 44.5 Å². The van der Waals surface area contributed by atoms with Gasteiger partial charge in [-0.25, -0.2) is 4.98 Å². The molecule has 1 aliphatic rings. The lowest BCUT2D eigenvalue weighted by molar-refractivity contribution is -0.125. The Bertz CT molecular complexity index is 816. The first-order chi connectivity index (χ1) is 11.3. The molecular formula is C17H18ClN3O2S. The number of hydrogen-bond acceptors (Lipinski definition) is 4. The molecule has 0 unspecified atom stereocenters. The molecule has 0 saturated carbocycles. The van der Waals surface area contributed by atoms with Crippen LogP contribution in [0.1, 0.15) is 30.1 Å². The minimum atomic E-state index is -0.688. The molecule has 2 aromatic rings. The minimum Gasteiger partial charge on any atom is -0.348 e. The van der Waals surface area contributed by atoms with Crippen LogP contribution >= 0.6 is 22.9 Å².